The number of pyridine rings is 2. The van der Waals surface area contributed by atoms with Crippen LogP contribution in [-0.4, -0.2) is 23.7 Å². The van der Waals surface area contributed by atoms with Crippen LogP contribution in [0.25, 0.3) is 22.4 Å². The summed E-state index contributed by atoms with van der Waals surface area (Å²) in [6.07, 6.45) is 3.90. The molecule has 0 atom stereocenters. The van der Waals surface area contributed by atoms with E-state index in [2.05, 4.69) is 4.98 Å². The molecule has 0 spiro atoms. The Morgan fingerprint density at radius 2 is 1.90 bits per heavy atom. The highest BCUT2D eigenvalue weighted by molar-refractivity contribution is 6.31. The van der Waals surface area contributed by atoms with Crippen molar-refractivity contribution in [3.63, 3.8) is 0 Å². The van der Waals surface area contributed by atoms with Gasteiger partial charge in [-0.2, -0.15) is 5.10 Å². The van der Waals surface area contributed by atoms with E-state index in [9.17, 15) is 4.79 Å². The molecule has 0 radical (unpaired) electrons. The first-order valence-corrected chi connectivity index (χ1v) is 10.1. The highest BCUT2D eigenvalue weighted by Gasteiger charge is 2.19. The summed E-state index contributed by atoms with van der Waals surface area (Å²) in [5.41, 5.74) is 5.86. The van der Waals surface area contributed by atoms with Crippen LogP contribution in [0.15, 0.2) is 59.7 Å². The normalized spacial score (nSPS) is 11.6. The fourth-order valence-corrected chi connectivity index (χ4v) is 4.21. The summed E-state index contributed by atoms with van der Waals surface area (Å²) < 4.78 is 5.52. The molecule has 0 aliphatic rings. The molecule has 0 N–H and O–H groups in total. The number of halogens is 1. The Morgan fingerprint density at radius 3 is 2.70 bits per heavy atom. The van der Waals surface area contributed by atoms with Crippen LogP contribution in [0, 0.1) is 20.8 Å². The lowest BCUT2D eigenvalue weighted by Crippen LogP contribution is -2.23. The molecule has 1 aromatic carbocycles. The lowest BCUT2D eigenvalue weighted by Gasteiger charge is -2.13. The summed E-state index contributed by atoms with van der Waals surface area (Å²) in [4.78, 5) is 17.8. The summed E-state index contributed by atoms with van der Waals surface area (Å²) in [7, 11) is 0. The van der Waals surface area contributed by atoms with Gasteiger partial charge in [0.2, 0.25) is 0 Å². The zero-order chi connectivity index (χ0) is 21.0. The Kier molecular flexibility index (Phi) is 4.25. The van der Waals surface area contributed by atoms with Crippen LogP contribution < -0.4 is 5.56 Å². The van der Waals surface area contributed by atoms with Gasteiger partial charge in [-0.05, 0) is 56.2 Å². The summed E-state index contributed by atoms with van der Waals surface area (Å²) in [6, 6.07) is 13.2. The predicted octanol–water partition coefficient (Wildman–Crippen LogP) is 4.46. The Morgan fingerprint density at radius 1 is 1.07 bits per heavy atom. The summed E-state index contributed by atoms with van der Waals surface area (Å²) in [5, 5.41) is 6.41. The average Bonchev–Trinajstić information content (AvgIpc) is 3.28. The van der Waals surface area contributed by atoms with Crippen molar-refractivity contribution in [3.8, 4) is 5.69 Å². The maximum Gasteiger partial charge on any atom is 0.252 e. The van der Waals surface area contributed by atoms with Crippen LogP contribution in [0.3, 0.4) is 0 Å². The third-order valence-electron chi connectivity index (χ3n) is 5.49. The van der Waals surface area contributed by atoms with Crippen LogP contribution >= 0.6 is 11.6 Å². The Hall–Kier alpha value is -3.38. The maximum absolute atomic E-state index is 13.1. The van der Waals surface area contributed by atoms with Gasteiger partial charge in [-0.3, -0.25) is 9.36 Å². The van der Waals surface area contributed by atoms with Gasteiger partial charge >= 0.3 is 0 Å². The van der Waals surface area contributed by atoms with E-state index < -0.39 is 0 Å². The number of hydrogen-bond donors (Lipinski definition) is 0. The van der Waals surface area contributed by atoms with Gasteiger partial charge in [0.1, 0.15) is 11.3 Å². The molecule has 0 bridgehead atoms. The van der Waals surface area contributed by atoms with E-state index in [-0.39, 0.29) is 5.56 Å². The van der Waals surface area contributed by atoms with Gasteiger partial charge in [0.25, 0.3) is 5.56 Å². The fourth-order valence-electron chi connectivity index (χ4n) is 4.04. The Balaban J connectivity index is 1.79. The van der Waals surface area contributed by atoms with Gasteiger partial charge in [0, 0.05) is 28.9 Å². The van der Waals surface area contributed by atoms with Gasteiger partial charge in [-0.25, -0.2) is 9.67 Å². The second-order valence-electron chi connectivity index (χ2n) is 7.53. The molecule has 0 unspecified atom stereocenters. The van der Waals surface area contributed by atoms with Crippen LogP contribution in [-0.2, 0) is 6.54 Å². The van der Waals surface area contributed by atoms with Crippen molar-refractivity contribution in [3.05, 3.63) is 92.7 Å². The van der Waals surface area contributed by atoms with E-state index in [0.29, 0.717) is 11.6 Å². The minimum Gasteiger partial charge on any atom is -0.307 e. The van der Waals surface area contributed by atoms with Gasteiger partial charge in [0.15, 0.2) is 0 Å². The molecule has 0 aliphatic carbocycles. The molecule has 150 valence electrons. The van der Waals surface area contributed by atoms with Crippen molar-refractivity contribution in [1.29, 1.82) is 0 Å². The molecule has 5 aromatic rings. The number of fused-ring (bicyclic) bond motifs is 2. The number of hydrogen-bond acceptors (Lipinski definition) is 3. The topological polar surface area (TPSA) is 57.1 Å². The lowest BCUT2D eigenvalue weighted by atomic mass is 10.1. The third-order valence-corrected chi connectivity index (χ3v) is 5.90. The summed E-state index contributed by atoms with van der Waals surface area (Å²) >= 11 is 6.38. The molecule has 0 saturated heterocycles. The monoisotopic (exact) mass is 417 g/mol. The third kappa shape index (κ3) is 2.83. The van der Waals surface area contributed by atoms with E-state index in [1.54, 1.807) is 10.6 Å². The van der Waals surface area contributed by atoms with E-state index in [1.807, 2.05) is 78.6 Å². The molecule has 4 heterocycles. The smallest absolute Gasteiger partial charge is 0.252 e. The largest absolute Gasteiger partial charge is 0.307 e. The summed E-state index contributed by atoms with van der Waals surface area (Å²) in [6.45, 7) is 6.22. The van der Waals surface area contributed by atoms with Crippen molar-refractivity contribution in [1.82, 2.24) is 23.7 Å². The molecule has 4 aromatic heterocycles. The van der Waals surface area contributed by atoms with Crippen LogP contribution in [0.5, 0.6) is 0 Å². The van der Waals surface area contributed by atoms with Gasteiger partial charge in [-0.1, -0.05) is 23.7 Å². The minimum absolute atomic E-state index is 0.0853. The molecule has 0 aliphatic heterocycles. The maximum atomic E-state index is 13.1. The Labute approximate surface area is 178 Å². The van der Waals surface area contributed by atoms with Crippen LogP contribution in [0.1, 0.15) is 22.5 Å². The van der Waals surface area contributed by atoms with Gasteiger partial charge < -0.3 is 4.40 Å². The van der Waals surface area contributed by atoms with E-state index in [0.717, 1.165) is 44.9 Å². The number of benzene rings is 1. The first-order chi connectivity index (χ1) is 14.4. The minimum atomic E-state index is -0.0853. The summed E-state index contributed by atoms with van der Waals surface area (Å²) in [5.74, 6) is 0. The molecular formula is C23H20ClN5O. The SMILES string of the molecule is Cc1c(Cl)cccc1-n1nc(C)c2c(C)cc(=O)n(Cc3cn4ccccc4n3)c21. The number of rotatable bonds is 3. The quantitative estimate of drug-likeness (QED) is 0.435. The highest BCUT2D eigenvalue weighted by Crippen LogP contribution is 2.28. The van der Waals surface area contributed by atoms with E-state index in [1.165, 1.54) is 0 Å². The zero-order valence-electron chi connectivity index (χ0n) is 16.9. The molecule has 0 fully saturated rings. The van der Waals surface area contributed by atoms with Crippen molar-refractivity contribution >= 4 is 28.3 Å². The van der Waals surface area contributed by atoms with Crippen LogP contribution in [0.4, 0.5) is 0 Å². The molecule has 0 amide bonds. The molecule has 6 nitrogen and oxygen atoms in total. The Bertz CT molecular complexity index is 1460. The van der Waals surface area contributed by atoms with Crippen molar-refractivity contribution in [2.75, 3.05) is 0 Å². The fraction of sp³-hybridized carbons (Fsp3) is 0.174. The highest BCUT2D eigenvalue weighted by atomic mass is 35.5. The van der Waals surface area contributed by atoms with Crippen molar-refractivity contribution in [2.24, 2.45) is 0 Å². The van der Waals surface area contributed by atoms with Crippen LogP contribution in [0.2, 0.25) is 5.02 Å². The zero-order valence-corrected chi connectivity index (χ0v) is 17.7. The molecule has 0 saturated carbocycles. The van der Waals surface area contributed by atoms with E-state index in [4.69, 9.17) is 16.7 Å². The van der Waals surface area contributed by atoms with Crippen molar-refractivity contribution in [2.45, 2.75) is 27.3 Å². The number of imidazole rings is 1. The average molecular weight is 418 g/mol. The van der Waals surface area contributed by atoms with Gasteiger partial charge in [-0.15, -0.1) is 0 Å². The molecule has 30 heavy (non-hydrogen) atoms. The molecular weight excluding hydrogens is 398 g/mol. The lowest BCUT2D eigenvalue weighted by molar-refractivity contribution is 0.737. The number of aryl methyl sites for hydroxylation is 2. The first kappa shape index (κ1) is 18.6. The second kappa shape index (κ2) is 6.85. The van der Waals surface area contributed by atoms with Gasteiger partial charge in [0.05, 0.1) is 23.6 Å². The van der Waals surface area contributed by atoms with Crippen molar-refractivity contribution < 1.29 is 0 Å². The first-order valence-electron chi connectivity index (χ1n) is 9.72. The number of nitrogens with zero attached hydrogens (tertiary/aromatic N) is 5. The molecule has 7 heteroatoms. The predicted molar refractivity (Wildman–Crippen MR) is 119 cm³/mol. The molecule has 5 rings (SSSR count). The second-order valence-corrected chi connectivity index (χ2v) is 7.94. The standard InChI is InChI=1S/C23H20ClN5O/c1-14-11-21(30)28(13-17-12-27-10-5-4-9-20(27)25-17)23-22(14)16(3)26-29(23)19-8-6-7-18(24)15(19)2/h4-12H,13H2,1-3H3. The van der Waals surface area contributed by atoms with E-state index >= 15 is 0 Å². The number of aromatic nitrogens is 5.